The first-order chi connectivity index (χ1) is 8.06. The molecule has 1 nitrogen and oxygen atoms in total. The Balaban J connectivity index is 3.00. The van der Waals surface area contributed by atoms with Crippen LogP contribution in [0.4, 0.5) is 0 Å². The fraction of sp³-hybridized carbons (Fsp3) is 1.00. The van der Waals surface area contributed by atoms with Gasteiger partial charge in [0.05, 0.1) is 0 Å². The molecular formula is C16H33N. The lowest BCUT2D eigenvalue weighted by atomic mass is 9.75. The molecule has 4 atom stereocenters. The van der Waals surface area contributed by atoms with Crippen LogP contribution in [0, 0.1) is 11.8 Å². The summed E-state index contributed by atoms with van der Waals surface area (Å²) < 4.78 is 0. The van der Waals surface area contributed by atoms with Crippen LogP contribution in [0.2, 0.25) is 0 Å². The van der Waals surface area contributed by atoms with E-state index in [0.29, 0.717) is 5.54 Å². The summed E-state index contributed by atoms with van der Waals surface area (Å²) >= 11 is 0. The van der Waals surface area contributed by atoms with Crippen LogP contribution in [0.1, 0.15) is 73.6 Å². The Labute approximate surface area is 109 Å². The summed E-state index contributed by atoms with van der Waals surface area (Å²) in [5.74, 6) is 1.77. The Morgan fingerprint density at radius 1 is 1.06 bits per heavy atom. The van der Waals surface area contributed by atoms with Crippen LogP contribution >= 0.6 is 0 Å². The van der Waals surface area contributed by atoms with Crippen molar-refractivity contribution < 1.29 is 0 Å². The Bertz CT molecular complexity index is 226. The van der Waals surface area contributed by atoms with Gasteiger partial charge in [-0.05, 0) is 44.6 Å². The zero-order valence-electron chi connectivity index (χ0n) is 12.9. The number of hydrogen-bond acceptors (Lipinski definition) is 1. The van der Waals surface area contributed by atoms with Crippen LogP contribution < -0.4 is 0 Å². The van der Waals surface area contributed by atoms with E-state index in [0.717, 1.165) is 17.9 Å². The monoisotopic (exact) mass is 239 g/mol. The zero-order chi connectivity index (χ0) is 13.1. The Morgan fingerprint density at radius 3 is 2.12 bits per heavy atom. The predicted octanol–water partition coefficient (Wildman–Crippen LogP) is 4.71. The number of nitrogens with zero attached hydrogens (tertiary/aromatic N) is 1. The second-order valence-corrected chi connectivity index (χ2v) is 6.12. The van der Waals surface area contributed by atoms with E-state index in [2.05, 4.69) is 46.4 Å². The van der Waals surface area contributed by atoms with Crippen molar-refractivity contribution in [2.45, 2.75) is 85.2 Å². The highest BCUT2D eigenvalue weighted by Crippen LogP contribution is 2.48. The third-order valence-corrected chi connectivity index (χ3v) is 5.21. The van der Waals surface area contributed by atoms with Crippen LogP contribution in [-0.4, -0.2) is 23.0 Å². The molecule has 1 fully saturated rings. The van der Waals surface area contributed by atoms with Gasteiger partial charge in [0.25, 0.3) is 0 Å². The SMILES string of the molecule is CCCC1C(C)[C@@H](CC)N(CC)C1(C)CCC. The fourth-order valence-electron chi connectivity index (χ4n) is 4.62. The van der Waals surface area contributed by atoms with Crippen molar-refractivity contribution in [2.24, 2.45) is 11.8 Å². The third-order valence-electron chi connectivity index (χ3n) is 5.21. The summed E-state index contributed by atoms with van der Waals surface area (Å²) in [7, 11) is 0. The average molecular weight is 239 g/mol. The molecule has 3 unspecified atom stereocenters. The van der Waals surface area contributed by atoms with Gasteiger partial charge in [-0.2, -0.15) is 0 Å². The first kappa shape index (κ1) is 15.0. The molecule has 0 aliphatic carbocycles. The summed E-state index contributed by atoms with van der Waals surface area (Å²) in [5, 5.41) is 0. The van der Waals surface area contributed by atoms with E-state index < -0.39 is 0 Å². The predicted molar refractivity (Wildman–Crippen MR) is 77.3 cm³/mol. The summed E-state index contributed by atoms with van der Waals surface area (Å²) in [6, 6.07) is 0.813. The molecule has 0 spiro atoms. The molecule has 1 saturated heterocycles. The Kier molecular flexibility index (Phi) is 5.50. The number of rotatable bonds is 6. The van der Waals surface area contributed by atoms with Crippen LogP contribution in [0.5, 0.6) is 0 Å². The zero-order valence-corrected chi connectivity index (χ0v) is 12.9. The molecule has 102 valence electrons. The van der Waals surface area contributed by atoms with E-state index >= 15 is 0 Å². The third kappa shape index (κ3) is 2.54. The van der Waals surface area contributed by atoms with Gasteiger partial charge in [0.1, 0.15) is 0 Å². The van der Waals surface area contributed by atoms with E-state index in [9.17, 15) is 0 Å². The largest absolute Gasteiger partial charge is 0.295 e. The summed E-state index contributed by atoms with van der Waals surface area (Å²) in [5.41, 5.74) is 0.458. The van der Waals surface area contributed by atoms with E-state index in [1.807, 2.05) is 0 Å². The first-order valence-corrected chi connectivity index (χ1v) is 7.83. The molecule has 17 heavy (non-hydrogen) atoms. The molecule has 0 aromatic carbocycles. The Hall–Kier alpha value is -0.0400. The second-order valence-electron chi connectivity index (χ2n) is 6.12. The molecule has 1 rings (SSSR count). The lowest BCUT2D eigenvalue weighted by Crippen LogP contribution is -2.47. The van der Waals surface area contributed by atoms with Gasteiger partial charge in [0, 0.05) is 11.6 Å². The lowest BCUT2D eigenvalue weighted by molar-refractivity contribution is 0.0814. The molecule has 0 saturated carbocycles. The van der Waals surface area contributed by atoms with Crippen LogP contribution in [-0.2, 0) is 0 Å². The van der Waals surface area contributed by atoms with Crippen LogP contribution in [0.3, 0.4) is 0 Å². The van der Waals surface area contributed by atoms with Gasteiger partial charge in [-0.25, -0.2) is 0 Å². The van der Waals surface area contributed by atoms with Gasteiger partial charge < -0.3 is 0 Å². The van der Waals surface area contributed by atoms with Crippen molar-refractivity contribution in [3.63, 3.8) is 0 Å². The van der Waals surface area contributed by atoms with Gasteiger partial charge in [-0.3, -0.25) is 4.90 Å². The standard InChI is InChI=1S/C16H33N/c1-7-11-14-13(5)15(9-3)17(10-4)16(14,6)12-8-2/h13-15H,7-12H2,1-6H3/t13?,14?,15-,16?/m1/s1. The molecule has 0 bridgehead atoms. The quantitative estimate of drug-likeness (QED) is 0.649. The van der Waals surface area contributed by atoms with Gasteiger partial charge in [-0.1, -0.05) is 47.5 Å². The smallest absolute Gasteiger partial charge is 0.0215 e. The summed E-state index contributed by atoms with van der Waals surface area (Å²) in [6.45, 7) is 15.6. The van der Waals surface area contributed by atoms with Gasteiger partial charge in [0.15, 0.2) is 0 Å². The highest BCUT2D eigenvalue weighted by Gasteiger charge is 2.51. The number of likely N-dealkylation sites (tertiary alicyclic amines) is 1. The molecule has 0 amide bonds. The maximum Gasteiger partial charge on any atom is 0.0215 e. The highest BCUT2D eigenvalue weighted by atomic mass is 15.3. The van der Waals surface area contributed by atoms with Gasteiger partial charge >= 0.3 is 0 Å². The van der Waals surface area contributed by atoms with Crippen molar-refractivity contribution in [3.8, 4) is 0 Å². The lowest BCUT2D eigenvalue weighted by Gasteiger charge is -2.41. The van der Waals surface area contributed by atoms with Crippen molar-refractivity contribution >= 4 is 0 Å². The van der Waals surface area contributed by atoms with Crippen LogP contribution in [0.25, 0.3) is 0 Å². The maximum atomic E-state index is 2.82. The molecule has 1 heterocycles. The molecular weight excluding hydrogens is 206 g/mol. The average Bonchev–Trinajstić information content (AvgIpc) is 2.50. The molecule has 0 aromatic heterocycles. The van der Waals surface area contributed by atoms with Crippen molar-refractivity contribution in [1.82, 2.24) is 4.90 Å². The molecule has 1 aliphatic rings. The van der Waals surface area contributed by atoms with E-state index in [-0.39, 0.29) is 0 Å². The van der Waals surface area contributed by atoms with E-state index in [4.69, 9.17) is 0 Å². The van der Waals surface area contributed by atoms with Crippen LogP contribution in [0.15, 0.2) is 0 Å². The normalized spacial score (nSPS) is 38.8. The van der Waals surface area contributed by atoms with Crippen molar-refractivity contribution in [1.29, 1.82) is 0 Å². The minimum absolute atomic E-state index is 0.458. The maximum absolute atomic E-state index is 2.82. The Morgan fingerprint density at radius 2 is 1.71 bits per heavy atom. The fourth-order valence-corrected chi connectivity index (χ4v) is 4.62. The topological polar surface area (TPSA) is 3.24 Å². The minimum atomic E-state index is 0.458. The minimum Gasteiger partial charge on any atom is -0.295 e. The second kappa shape index (κ2) is 6.22. The molecule has 1 heteroatoms. The molecule has 1 aliphatic heterocycles. The highest BCUT2D eigenvalue weighted by molar-refractivity contribution is 5.05. The summed E-state index contributed by atoms with van der Waals surface area (Å²) in [6.07, 6.45) is 6.74. The molecule has 0 aromatic rings. The van der Waals surface area contributed by atoms with E-state index in [1.54, 1.807) is 0 Å². The van der Waals surface area contributed by atoms with Gasteiger partial charge in [0.2, 0.25) is 0 Å². The first-order valence-electron chi connectivity index (χ1n) is 7.83. The molecule has 0 radical (unpaired) electrons. The van der Waals surface area contributed by atoms with Gasteiger partial charge in [-0.15, -0.1) is 0 Å². The van der Waals surface area contributed by atoms with Crippen molar-refractivity contribution in [3.05, 3.63) is 0 Å². The number of hydrogen-bond donors (Lipinski definition) is 0. The van der Waals surface area contributed by atoms with Crippen molar-refractivity contribution in [2.75, 3.05) is 6.54 Å². The van der Waals surface area contributed by atoms with E-state index in [1.165, 1.54) is 38.6 Å². The molecule has 0 N–H and O–H groups in total. The summed E-state index contributed by atoms with van der Waals surface area (Å²) in [4.78, 5) is 2.82.